The van der Waals surface area contributed by atoms with Crippen LogP contribution in [0.2, 0.25) is 0 Å². The summed E-state index contributed by atoms with van der Waals surface area (Å²) in [5, 5.41) is 5.50. The molecule has 0 saturated carbocycles. The first-order valence-electron chi connectivity index (χ1n) is 8.60. The quantitative estimate of drug-likeness (QED) is 0.434. The van der Waals surface area contributed by atoms with Crippen LogP contribution in [0, 0.1) is 0 Å². The summed E-state index contributed by atoms with van der Waals surface area (Å²) < 4.78 is 1.98. The zero-order valence-electron chi connectivity index (χ0n) is 14.4. The van der Waals surface area contributed by atoms with Crippen molar-refractivity contribution in [3.8, 4) is 0 Å². The molecule has 0 fully saturated rings. The molecule has 3 aromatic carbocycles. The van der Waals surface area contributed by atoms with Crippen LogP contribution < -0.4 is 5.32 Å². The zero-order valence-corrected chi connectivity index (χ0v) is 14.4. The Hall–Kier alpha value is -3.40. The van der Waals surface area contributed by atoms with Gasteiger partial charge in [0, 0.05) is 34.7 Å². The van der Waals surface area contributed by atoms with Crippen molar-refractivity contribution >= 4 is 39.1 Å². The van der Waals surface area contributed by atoms with E-state index >= 15 is 0 Å². The molecule has 0 spiro atoms. The molecule has 1 N–H and O–H groups in total. The maximum atomic E-state index is 12.8. The Labute approximate surface area is 151 Å². The number of Topliss-reactive ketones (excluding diaryl/α,β-unsaturated/α-hetero) is 1. The Kier molecular flexibility index (Phi) is 4.01. The van der Waals surface area contributed by atoms with E-state index in [1.807, 2.05) is 78.2 Å². The van der Waals surface area contributed by atoms with Gasteiger partial charge in [-0.3, -0.25) is 9.59 Å². The summed E-state index contributed by atoms with van der Waals surface area (Å²) >= 11 is 0. The van der Waals surface area contributed by atoms with Crippen LogP contribution in [-0.4, -0.2) is 16.3 Å². The van der Waals surface area contributed by atoms with E-state index in [1.54, 1.807) is 6.20 Å². The van der Waals surface area contributed by atoms with Crippen LogP contribution in [0.15, 0.2) is 72.9 Å². The second-order valence-electron chi connectivity index (χ2n) is 6.16. The van der Waals surface area contributed by atoms with Gasteiger partial charge in [0.2, 0.25) is 0 Å². The molecule has 4 aromatic rings. The molecular formula is C22H18N2O2. The largest absolute Gasteiger partial charge is 0.347 e. The predicted octanol–water partition coefficient (Wildman–Crippen LogP) is 4.64. The topological polar surface area (TPSA) is 51.1 Å². The minimum Gasteiger partial charge on any atom is -0.347 e. The zero-order chi connectivity index (χ0) is 18.1. The average Bonchev–Trinajstić information content (AvgIpc) is 3.06. The first-order chi connectivity index (χ1) is 12.7. The van der Waals surface area contributed by atoms with E-state index in [0.29, 0.717) is 11.3 Å². The van der Waals surface area contributed by atoms with Crippen molar-refractivity contribution < 1.29 is 9.59 Å². The van der Waals surface area contributed by atoms with Gasteiger partial charge in [0.15, 0.2) is 0 Å². The highest BCUT2D eigenvalue weighted by Gasteiger charge is 2.21. The highest BCUT2D eigenvalue weighted by molar-refractivity contribution is 6.48. The molecule has 4 rings (SSSR count). The maximum absolute atomic E-state index is 12.8. The van der Waals surface area contributed by atoms with Crippen LogP contribution in [0.25, 0.3) is 21.7 Å². The average molecular weight is 342 g/mol. The molecule has 4 nitrogen and oxygen atoms in total. The van der Waals surface area contributed by atoms with E-state index in [9.17, 15) is 9.59 Å². The summed E-state index contributed by atoms with van der Waals surface area (Å²) in [4.78, 5) is 25.4. The van der Waals surface area contributed by atoms with Crippen molar-refractivity contribution in [3.63, 3.8) is 0 Å². The molecule has 4 heteroatoms. The van der Waals surface area contributed by atoms with Gasteiger partial charge < -0.3 is 9.88 Å². The fourth-order valence-corrected chi connectivity index (χ4v) is 3.33. The molecule has 0 unspecified atom stereocenters. The van der Waals surface area contributed by atoms with Gasteiger partial charge in [-0.25, -0.2) is 0 Å². The summed E-state index contributed by atoms with van der Waals surface area (Å²) in [7, 11) is 0. The summed E-state index contributed by atoms with van der Waals surface area (Å²) in [6.07, 6.45) is 1.76. The summed E-state index contributed by atoms with van der Waals surface area (Å²) in [5.41, 5.74) is 2.03. The molecule has 1 amide bonds. The van der Waals surface area contributed by atoms with E-state index in [-0.39, 0.29) is 0 Å². The molecule has 0 saturated heterocycles. The number of anilines is 1. The lowest BCUT2D eigenvalue weighted by molar-refractivity contribution is -0.112. The molecule has 0 aliphatic rings. The third kappa shape index (κ3) is 2.65. The van der Waals surface area contributed by atoms with Gasteiger partial charge in [-0.05, 0) is 24.4 Å². The third-order valence-electron chi connectivity index (χ3n) is 4.62. The van der Waals surface area contributed by atoms with Crippen molar-refractivity contribution in [1.82, 2.24) is 4.57 Å². The molecule has 1 aromatic heterocycles. The van der Waals surface area contributed by atoms with E-state index in [1.165, 1.54) is 0 Å². The molecule has 0 atom stereocenters. The number of para-hydroxylation sites is 1. The number of aromatic nitrogens is 1. The van der Waals surface area contributed by atoms with Gasteiger partial charge in [0.1, 0.15) is 0 Å². The highest BCUT2D eigenvalue weighted by Crippen LogP contribution is 2.25. The summed E-state index contributed by atoms with van der Waals surface area (Å²) in [5.74, 6) is -1.15. The summed E-state index contributed by atoms with van der Waals surface area (Å²) in [6.45, 7) is 2.75. The van der Waals surface area contributed by atoms with Gasteiger partial charge in [-0.1, -0.05) is 54.6 Å². The Morgan fingerprint density at radius 2 is 1.58 bits per heavy atom. The molecular weight excluding hydrogens is 324 g/mol. The van der Waals surface area contributed by atoms with Crippen LogP contribution in [0.1, 0.15) is 17.3 Å². The van der Waals surface area contributed by atoms with Crippen LogP contribution >= 0.6 is 0 Å². The standard InChI is InChI=1S/C22H18N2O2/c1-2-24-14-18(17-11-5-6-13-20(17)24)21(25)22(26)23-19-12-7-9-15-8-3-4-10-16(15)19/h3-14H,2H2,1H3,(H,23,26). The fourth-order valence-electron chi connectivity index (χ4n) is 3.33. The number of aryl methyl sites for hydroxylation is 1. The first-order valence-corrected chi connectivity index (χ1v) is 8.60. The number of amides is 1. The van der Waals surface area contributed by atoms with E-state index in [4.69, 9.17) is 0 Å². The van der Waals surface area contributed by atoms with Crippen LogP contribution in [0.5, 0.6) is 0 Å². The van der Waals surface area contributed by atoms with Crippen LogP contribution in [0.3, 0.4) is 0 Å². The molecule has 0 aliphatic carbocycles. The maximum Gasteiger partial charge on any atom is 0.296 e. The lowest BCUT2D eigenvalue weighted by atomic mass is 10.1. The molecule has 0 bridgehead atoms. The van der Waals surface area contributed by atoms with Crippen molar-refractivity contribution in [1.29, 1.82) is 0 Å². The van der Waals surface area contributed by atoms with E-state index in [2.05, 4.69) is 5.32 Å². The molecule has 0 radical (unpaired) electrons. The third-order valence-corrected chi connectivity index (χ3v) is 4.62. The van der Waals surface area contributed by atoms with Gasteiger partial charge >= 0.3 is 0 Å². The number of hydrogen-bond acceptors (Lipinski definition) is 2. The monoisotopic (exact) mass is 342 g/mol. The molecule has 26 heavy (non-hydrogen) atoms. The minimum absolute atomic E-state index is 0.431. The SMILES string of the molecule is CCn1cc(C(=O)C(=O)Nc2cccc3ccccc23)c2ccccc21. The number of carbonyl (C=O) groups excluding carboxylic acids is 2. The van der Waals surface area contributed by atoms with Gasteiger partial charge in [-0.15, -0.1) is 0 Å². The van der Waals surface area contributed by atoms with Crippen LogP contribution in [-0.2, 0) is 11.3 Å². The smallest absolute Gasteiger partial charge is 0.296 e. The molecule has 0 aliphatic heterocycles. The van der Waals surface area contributed by atoms with Crippen molar-refractivity contribution in [2.75, 3.05) is 5.32 Å². The lowest BCUT2D eigenvalue weighted by Gasteiger charge is -2.08. The number of nitrogens with one attached hydrogen (secondary N) is 1. The van der Waals surface area contributed by atoms with E-state index < -0.39 is 11.7 Å². The van der Waals surface area contributed by atoms with Crippen molar-refractivity contribution in [2.24, 2.45) is 0 Å². The van der Waals surface area contributed by atoms with Crippen molar-refractivity contribution in [2.45, 2.75) is 13.5 Å². The minimum atomic E-state index is -0.625. The predicted molar refractivity (Wildman–Crippen MR) is 105 cm³/mol. The first kappa shape index (κ1) is 16.1. The van der Waals surface area contributed by atoms with E-state index in [0.717, 1.165) is 28.2 Å². The summed E-state index contributed by atoms with van der Waals surface area (Å²) in [6, 6.07) is 21.0. The van der Waals surface area contributed by atoms with Crippen molar-refractivity contribution in [3.05, 3.63) is 78.5 Å². The Balaban J connectivity index is 1.70. The van der Waals surface area contributed by atoms with Gasteiger partial charge in [-0.2, -0.15) is 0 Å². The second-order valence-corrected chi connectivity index (χ2v) is 6.16. The number of rotatable bonds is 4. The number of carbonyl (C=O) groups is 2. The molecule has 128 valence electrons. The number of benzene rings is 3. The number of ketones is 1. The number of hydrogen-bond donors (Lipinski definition) is 1. The lowest BCUT2D eigenvalue weighted by Crippen LogP contribution is -2.22. The Morgan fingerprint density at radius 1 is 0.885 bits per heavy atom. The fraction of sp³-hybridized carbons (Fsp3) is 0.0909. The highest BCUT2D eigenvalue weighted by atomic mass is 16.2. The van der Waals surface area contributed by atoms with Gasteiger partial charge in [0.25, 0.3) is 11.7 Å². The Bertz CT molecular complexity index is 1140. The van der Waals surface area contributed by atoms with Gasteiger partial charge in [0.05, 0.1) is 5.56 Å². The Morgan fingerprint density at radius 3 is 2.38 bits per heavy atom. The molecule has 1 heterocycles. The number of fused-ring (bicyclic) bond motifs is 2. The second kappa shape index (κ2) is 6.48. The normalized spacial score (nSPS) is 11.0. The number of nitrogens with zero attached hydrogens (tertiary/aromatic N) is 1. The van der Waals surface area contributed by atoms with Crippen LogP contribution in [0.4, 0.5) is 5.69 Å².